The van der Waals surface area contributed by atoms with Gasteiger partial charge in [-0.3, -0.25) is 0 Å². The van der Waals surface area contributed by atoms with Crippen molar-refractivity contribution >= 4 is 28.4 Å². The van der Waals surface area contributed by atoms with Crippen molar-refractivity contribution in [1.82, 2.24) is 14.9 Å². The Hall–Kier alpha value is -3.23. The molecular weight excluding hydrogens is 466 g/mol. The fourth-order valence-corrected chi connectivity index (χ4v) is 4.47. The lowest BCUT2D eigenvalue weighted by molar-refractivity contribution is -0.141. The van der Waals surface area contributed by atoms with Crippen LogP contribution in [0.25, 0.3) is 10.8 Å². The second kappa shape index (κ2) is 15.1. The number of aromatic nitrogens is 2. The predicted octanol–water partition coefficient (Wildman–Crippen LogP) is 4.55. The number of nitrogens with one attached hydrogen (secondary N) is 2. The molecule has 0 radical (unpaired) electrons. The molecule has 2 aromatic heterocycles. The van der Waals surface area contributed by atoms with Gasteiger partial charge in [0, 0.05) is 44.5 Å². The van der Waals surface area contributed by atoms with Crippen LogP contribution in [0.3, 0.4) is 0 Å². The molecule has 0 aliphatic heterocycles. The van der Waals surface area contributed by atoms with Crippen LogP contribution >= 0.6 is 0 Å². The van der Waals surface area contributed by atoms with Crippen molar-refractivity contribution in [3.05, 3.63) is 59.9 Å². The van der Waals surface area contributed by atoms with Crippen molar-refractivity contribution < 1.29 is 14.3 Å². The summed E-state index contributed by atoms with van der Waals surface area (Å²) in [6.45, 7) is 5.27. The minimum Gasteiger partial charge on any atom is -0.467 e. The second-order valence-electron chi connectivity index (χ2n) is 9.09. The highest BCUT2D eigenvalue weighted by atomic mass is 16.5. The summed E-state index contributed by atoms with van der Waals surface area (Å²) >= 11 is 0. The van der Waals surface area contributed by atoms with E-state index in [2.05, 4.69) is 39.6 Å². The minimum atomic E-state index is -0.491. The quantitative estimate of drug-likeness (QED) is 0.216. The molecule has 0 fully saturated rings. The standard InChI is InChI=1S/C29H41N5O3/c1-5-22-13-14-24(32-27(22)30-2)11-8-9-18-34(20-21-36-3)19-16-26(29(35)37-4)33-28-25-12-7-6-10-23(25)15-17-31-28/h6-7,10,12-15,17,26H,5,8-9,11,16,18-21H2,1-4H3,(H,30,32)(H,31,33). The van der Waals surface area contributed by atoms with Gasteiger partial charge in [0.05, 0.1) is 13.7 Å². The molecule has 0 bridgehead atoms. The van der Waals surface area contributed by atoms with Gasteiger partial charge in [0.1, 0.15) is 17.7 Å². The Labute approximate surface area is 220 Å². The van der Waals surface area contributed by atoms with Crippen LogP contribution in [-0.2, 0) is 27.1 Å². The van der Waals surface area contributed by atoms with Gasteiger partial charge in [0.2, 0.25) is 0 Å². The highest BCUT2D eigenvalue weighted by Gasteiger charge is 2.21. The Balaban J connectivity index is 1.57. The molecule has 1 atom stereocenters. The number of hydrogen-bond acceptors (Lipinski definition) is 8. The first-order valence-corrected chi connectivity index (χ1v) is 13.2. The zero-order chi connectivity index (χ0) is 26.5. The van der Waals surface area contributed by atoms with Crippen molar-refractivity contribution in [2.24, 2.45) is 0 Å². The molecule has 0 spiro atoms. The topological polar surface area (TPSA) is 88.6 Å². The summed E-state index contributed by atoms with van der Waals surface area (Å²) in [6, 6.07) is 13.8. The van der Waals surface area contributed by atoms with E-state index in [1.807, 2.05) is 37.4 Å². The number of nitrogens with zero attached hydrogens (tertiary/aromatic N) is 3. The molecule has 0 saturated heterocycles. The van der Waals surface area contributed by atoms with Gasteiger partial charge < -0.3 is 25.0 Å². The number of fused-ring (bicyclic) bond motifs is 1. The van der Waals surface area contributed by atoms with Crippen LogP contribution in [0, 0.1) is 0 Å². The number of ether oxygens (including phenoxy) is 2. The third-order valence-electron chi connectivity index (χ3n) is 6.63. The highest BCUT2D eigenvalue weighted by molar-refractivity contribution is 5.93. The van der Waals surface area contributed by atoms with Crippen molar-refractivity contribution in [2.75, 3.05) is 58.1 Å². The Bertz CT molecular complexity index is 1120. The third-order valence-corrected chi connectivity index (χ3v) is 6.63. The summed E-state index contributed by atoms with van der Waals surface area (Å²) in [5, 5.41) is 8.60. The summed E-state index contributed by atoms with van der Waals surface area (Å²) in [5.74, 6) is 1.38. The van der Waals surface area contributed by atoms with E-state index >= 15 is 0 Å². The normalized spacial score (nSPS) is 12.0. The van der Waals surface area contributed by atoms with Crippen LogP contribution in [0.1, 0.15) is 37.4 Å². The van der Waals surface area contributed by atoms with Gasteiger partial charge in [0.25, 0.3) is 0 Å². The van der Waals surface area contributed by atoms with Crippen LogP contribution in [0.2, 0.25) is 0 Å². The largest absolute Gasteiger partial charge is 0.467 e. The van der Waals surface area contributed by atoms with Crippen LogP contribution in [0.5, 0.6) is 0 Å². The van der Waals surface area contributed by atoms with Crippen LogP contribution < -0.4 is 10.6 Å². The molecule has 3 rings (SSSR count). The van der Waals surface area contributed by atoms with E-state index in [1.54, 1.807) is 13.3 Å². The van der Waals surface area contributed by atoms with Crippen LogP contribution in [-0.4, -0.2) is 74.4 Å². The molecule has 2 N–H and O–H groups in total. The summed E-state index contributed by atoms with van der Waals surface area (Å²) in [7, 11) is 5.07. The summed E-state index contributed by atoms with van der Waals surface area (Å²) in [5.41, 5.74) is 2.35. The van der Waals surface area contributed by atoms with E-state index in [1.165, 1.54) is 12.7 Å². The van der Waals surface area contributed by atoms with E-state index in [9.17, 15) is 4.79 Å². The number of aryl methyl sites for hydroxylation is 2. The van der Waals surface area contributed by atoms with Crippen LogP contribution in [0.15, 0.2) is 48.7 Å². The molecule has 8 nitrogen and oxygen atoms in total. The second-order valence-corrected chi connectivity index (χ2v) is 9.09. The molecule has 3 aromatic rings. The van der Waals surface area contributed by atoms with Gasteiger partial charge in [0.15, 0.2) is 0 Å². The molecule has 200 valence electrons. The first kappa shape index (κ1) is 28.3. The molecule has 0 amide bonds. The van der Waals surface area contributed by atoms with E-state index in [0.717, 1.165) is 67.6 Å². The smallest absolute Gasteiger partial charge is 0.328 e. The van der Waals surface area contributed by atoms with Gasteiger partial charge in [-0.15, -0.1) is 0 Å². The molecule has 0 aliphatic carbocycles. The molecule has 0 aliphatic rings. The average molecular weight is 508 g/mol. The van der Waals surface area contributed by atoms with Gasteiger partial charge in [-0.1, -0.05) is 37.3 Å². The van der Waals surface area contributed by atoms with Gasteiger partial charge in [-0.2, -0.15) is 0 Å². The molecule has 8 heteroatoms. The van der Waals surface area contributed by atoms with Crippen molar-refractivity contribution in [3.8, 4) is 0 Å². The van der Waals surface area contributed by atoms with Crippen LogP contribution in [0.4, 0.5) is 11.6 Å². The predicted molar refractivity (Wildman–Crippen MR) is 150 cm³/mol. The fraction of sp³-hybridized carbons (Fsp3) is 0.483. The van der Waals surface area contributed by atoms with Gasteiger partial charge in [-0.25, -0.2) is 14.8 Å². The first-order valence-electron chi connectivity index (χ1n) is 13.2. The number of pyridine rings is 2. The number of unbranched alkanes of at least 4 members (excludes halogenated alkanes) is 1. The van der Waals surface area contributed by atoms with Gasteiger partial charge >= 0.3 is 5.97 Å². The number of methoxy groups -OCH3 is 2. The van der Waals surface area contributed by atoms with Crippen molar-refractivity contribution in [3.63, 3.8) is 0 Å². The molecule has 37 heavy (non-hydrogen) atoms. The zero-order valence-corrected chi connectivity index (χ0v) is 22.6. The lowest BCUT2D eigenvalue weighted by Crippen LogP contribution is -2.37. The summed E-state index contributed by atoms with van der Waals surface area (Å²) in [4.78, 5) is 24.2. The van der Waals surface area contributed by atoms with Gasteiger partial charge in [-0.05, 0) is 61.7 Å². The van der Waals surface area contributed by atoms with E-state index in [4.69, 9.17) is 14.5 Å². The molecule has 1 unspecified atom stereocenters. The number of rotatable bonds is 16. The summed E-state index contributed by atoms with van der Waals surface area (Å²) in [6.07, 6.45) is 6.35. The molecule has 0 saturated carbocycles. The number of carbonyl (C=O) groups is 1. The Kier molecular flexibility index (Phi) is 11.6. The fourth-order valence-electron chi connectivity index (χ4n) is 4.47. The maximum Gasteiger partial charge on any atom is 0.328 e. The Morgan fingerprint density at radius 2 is 1.86 bits per heavy atom. The van der Waals surface area contributed by atoms with Crippen molar-refractivity contribution in [1.29, 1.82) is 0 Å². The molecule has 1 aromatic carbocycles. The van der Waals surface area contributed by atoms with E-state index in [-0.39, 0.29) is 5.97 Å². The Morgan fingerprint density at radius 1 is 1.03 bits per heavy atom. The summed E-state index contributed by atoms with van der Waals surface area (Å²) < 4.78 is 10.4. The average Bonchev–Trinajstić information content (AvgIpc) is 2.94. The number of carbonyl (C=O) groups excluding carboxylic acids is 1. The molecule has 2 heterocycles. The number of hydrogen-bond donors (Lipinski definition) is 2. The highest BCUT2D eigenvalue weighted by Crippen LogP contribution is 2.22. The van der Waals surface area contributed by atoms with E-state index in [0.29, 0.717) is 18.8 Å². The maximum absolute atomic E-state index is 12.6. The zero-order valence-electron chi connectivity index (χ0n) is 22.6. The maximum atomic E-state index is 12.6. The lowest BCUT2D eigenvalue weighted by Gasteiger charge is -2.25. The molecular formula is C29H41N5O3. The first-order chi connectivity index (χ1) is 18.1. The Morgan fingerprint density at radius 3 is 2.62 bits per heavy atom. The van der Waals surface area contributed by atoms with Crippen molar-refractivity contribution in [2.45, 2.75) is 45.1 Å². The van der Waals surface area contributed by atoms with E-state index < -0.39 is 6.04 Å². The number of esters is 1. The lowest BCUT2D eigenvalue weighted by atomic mass is 10.1. The minimum absolute atomic E-state index is 0.289. The third kappa shape index (κ3) is 8.40. The monoisotopic (exact) mass is 507 g/mol. The number of anilines is 2. The SMILES string of the molecule is CCc1ccc(CCCCN(CCOC)CCC(Nc2nccc3ccccc23)C(=O)OC)nc1NC. The number of benzene rings is 1.